The number of sulfonamides is 1. The first-order valence-electron chi connectivity index (χ1n) is 3.90. The molecular weight excluding hydrogens is 190 g/mol. The fourth-order valence-corrected chi connectivity index (χ4v) is 0.883. The summed E-state index contributed by atoms with van der Waals surface area (Å²) in [5.41, 5.74) is 0. The summed E-state index contributed by atoms with van der Waals surface area (Å²) in [6, 6.07) is 2.75. The van der Waals surface area contributed by atoms with Crippen molar-refractivity contribution in [3.05, 3.63) is 18.4 Å². The molecule has 0 aliphatic heterocycles. The van der Waals surface area contributed by atoms with E-state index in [-0.39, 0.29) is 5.09 Å². The highest BCUT2D eigenvalue weighted by molar-refractivity contribution is 7.89. The third kappa shape index (κ3) is 6.36. The lowest BCUT2D eigenvalue weighted by molar-refractivity contribution is 0.450. The summed E-state index contributed by atoms with van der Waals surface area (Å²) < 4.78 is 25.2. The van der Waals surface area contributed by atoms with Crippen molar-refractivity contribution < 1.29 is 12.8 Å². The predicted octanol–water partition coefficient (Wildman–Crippen LogP) is 1.59. The Morgan fingerprint density at radius 2 is 1.85 bits per heavy atom. The third-order valence-electron chi connectivity index (χ3n) is 0.775. The van der Waals surface area contributed by atoms with Crippen molar-refractivity contribution in [2.75, 3.05) is 0 Å². The monoisotopic (exact) mass is 205 g/mol. The summed E-state index contributed by atoms with van der Waals surface area (Å²) in [6.07, 6.45) is 1.25. The molecule has 0 aromatic carbocycles. The number of furan rings is 1. The summed E-state index contributed by atoms with van der Waals surface area (Å²) in [6.45, 7) is 6.50. The molecule has 0 saturated heterocycles. The van der Waals surface area contributed by atoms with Crippen LogP contribution in [-0.4, -0.2) is 8.42 Å². The quantitative estimate of drug-likeness (QED) is 0.756. The van der Waals surface area contributed by atoms with Crippen LogP contribution in [0.4, 0.5) is 0 Å². The molecule has 0 saturated carbocycles. The molecule has 0 atom stereocenters. The van der Waals surface area contributed by atoms with Gasteiger partial charge >= 0.3 is 0 Å². The van der Waals surface area contributed by atoms with Gasteiger partial charge in [-0.2, -0.15) is 0 Å². The third-order valence-corrected chi connectivity index (χ3v) is 1.57. The van der Waals surface area contributed by atoms with E-state index < -0.39 is 10.0 Å². The molecule has 13 heavy (non-hydrogen) atoms. The van der Waals surface area contributed by atoms with Crippen LogP contribution in [0.2, 0.25) is 0 Å². The molecule has 1 heterocycles. The minimum atomic E-state index is -3.63. The Hall–Kier alpha value is -0.810. The Labute approximate surface area is 78.8 Å². The molecule has 0 fully saturated rings. The maximum atomic E-state index is 10.4. The second-order valence-corrected chi connectivity index (χ2v) is 4.70. The summed E-state index contributed by atoms with van der Waals surface area (Å²) in [4.78, 5) is 0. The van der Waals surface area contributed by atoms with Crippen LogP contribution in [0.5, 0.6) is 0 Å². The van der Waals surface area contributed by atoms with Gasteiger partial charge in [0.1, 0.15) is 0 Å². The standard InChI is InChI=1S/C4H5NO3S.C4H10/c5-9(6,7)4-2-1-3-8-4;1-4(2)3/h1-3H,(H2,5,6,7);4H,1-3H3. The van der Waals surface area contributed by atoms with E-state index in [1.807, 2.05) is 0 Å². The zero-order chi connectivity index (χ0) is 10.5. The lowest BCUT2D eigenvalue weighted by atomic mass is 10.3. The van der Waals surface area contributed by atoms with Crippen molar-refractivity contribution in [1.82, 2.24) is 0 Å². The molecule has 0 aliphatic carbocycles. The van der Waals surface area contributed by atoms with Gasteiger partial charge < -0.3 is 4.42 Å². The molecule has 5 heteroatoms. The predicted molar refractivity (Wildman–Crippen MR) is 50.6 cm³/mol. The van der Waals surface area contributed by atoms with Gasteiger partial charge in [0.2, 0.25) is 5.09 Å². The fraction of sp³-hybridized carbons (Fsp3) is 0.500. The molecule has 2 N–H and O–H groups in total. The van der Waals surface area contributed by atoms with Gasteiger partial charge in [-0.1, -0.05) is 20.8 Å². The van der Waals surface area contributed by atoms with Crippen LogP contribution in [-0.2, 0) is 10.0 Å². The van der Waals surface area contributed by atoms with Crippen LogP contribution >= 0.6 is 0 Å². The largest absolute Gasteiger partial charge is 0.452 e. The van der Waals surface area contributed by atoms with E-state index in [0.29, 0.717) is 0 Å². The molecule has 1 aromatic rings. The lowest BCUT2D eigenvalue weighted by Crippen LogP contribution is -2.10. The van der Waals surface area contributed by atoms with Crippen LogP contribution < -0.4 is 5.14 Å². The molecule has 0 spiro atoms. The summed E-state index contributed by atoms with van der Waals surface area (Å²) >= 11 is 0. The second-order valence-electron chi connectivity index (χ2n) is 3.21. The molecule has 0 unspecified atom stereocenters. The average molecular weight is 205 g/mol. The Bertz CT molecular complexity index is 310. The van der Waals surface area contributed by atoms with Crippen LogP contribution in [0.1, 0.15) is 20.8 Å². The minimum absolute atomic E-state index is 0.206. The van der Waals surface area contributed by atoms with E-state index in [4.69, 9.17) is 0 Å². The molecule has 4 nitrogen and oxygen atoms in total. The number of hydrogen-bond donors (Lipinski definition) is 1. The number of rotatable bonds is 1. The topological polar surface area (TPSA) is 73.3 Å². The SMILES string of the molecule is CC(C)C.NS(=O)(=O)c1ccco1. The normalized spacial score (nSPS) is 10.8. The van der Waals surface area contributed by atoms with Gasteiger partial charge in [0.25, 0.3) is 10.0 Å². The van der Waals surface area contributed by atoms with Gasteiger partial charge in [-0.3, -0.25) is 0 Å². The van der Waals surface area contributed by atoms with Gasteiger partial charge in [-0.25, -0.2) is 13.6 Å². The van der Waals surface area contributed by atoms with Crippen molar-refractivity contribution in [2.24, 2.45) is 11.1 Å². The Balaban J connectivity index is 0.000000310. The zero-order valence-corrected chi connectivity index (χ0v) is 8.84. The second kappa shape index (κ2) is 5.04. The van der Waals surface area contributed by atoms with Gasteiger partial charge in [0.05, 0.1) is 6.26 Å². The van der Waals surface area contributed by atoms with Gasteiger partial charge in [-0.05, 0) is 18.1 Å². The van der Waals surface area contributed by atoms with Crippen molar-refractivity contribution >= 4 is 10.0 Å². The van der Waals surface area contributed by atoms with Crippen molar-refractivity contribution in [2.45, 2.75) is 25.9 Å². The highest BCUT2D eigenvalue weighted by atomic mass is 32.2. The van der Waals surface area contributed by atoms with Gasteiger partial charge in [0, 0.05) is 0 Å². The first-order chi connectivity index (χ1) is 5.84. The molecule has 0 amide bonds. The molecule has 1 aromatic heterocycles. The molecule has 76 valence electrons. The van der Waals surface area contributed by atoms with E-state index in [0.717, 1.165) is 5.92 Å². The smallest absolute Gasteiger partial charge is 0.271 e. The van der Waals surface area contributed by atoms with Crippen LogP contribution in [0.3, 0.4) is 0 Å². The van der Waals surface area contributed by atoms with E-state index in [1.165, 1.54) is 18.4 Å². The van der Waals surface area contributed by atoms with Crippen molar-refractivity contribution in [3.8, 4) is 0 Å². The number of primary sulfonamides is 1. The summed E-state index contributed by atoms with van der Waals surface area (Å²) in [7, 11) is -3.63. The lowest BCUT2D eigenvalue weighted by Gasteiger charge is -1.86. The maximum absolute atomic E-state index is 10.4. The van der Waals surface area contributed by atoms with Crippen LogP contribution in [0.25, 0.3) is 0 Å². The molecule has 1 rings (SSSR count). The molecule has 0 radical (unpaired) electrons. The summed E-state index contributed by atoms with van der Waals surface area (Å²) in [5, 5.41) is 4.47. The minimum Gasteiger partial charge on any atom is -0.452 e. The zero-order valence-electron chi connectivity index (χ0n) is 8.02. The average Bonchev–Trinajstić information content (AvgIpc) is 2.31. The van der Waals surface area contributed by atoms with Gasteiger partial charge in [-0.15, -0.1) is 0 Å². The Morgan fingerprint density at radius 1 is 1.38 bits per heavy atom. The Morgan fingerprint density at radius 3 is 2.00 bits per heavy atom. The molecular formula is C8H15NO3S. The first-order valence-corrected chi connectivity index (χ1v) is 5.45. The number of hydrogen-bond acceptors (Lipinski definition) is 3. The first kappa shape index (κ1) is 12.2. The van der Waals surface area contributed by atoms with E-state index in [9.17, 15) is 8.42 Å². The van der Waals surface area contributed by atoms with Crippen molar-refractivity contribution in [1.29, 1.82) is 0 Å². The van der Waals surface area contributed by atoms with E-state index in [2.05, 4.69) is 30.3 Å². The molecule has 0 aliphatic rings. The van der Waals surface area contributed by atoms with Crippen LogP contribution in [0.15, 0.2) is 27.9 Å². The fourth-order valence-electron chi connectivity index (χ4n) is 0.425. The van der Waals surface area contributed by atoms with Crippen LogP contribution in [0, 0.1) is 5.92 Å². The highest BCUT2D eigenvalue weighted by Crippen LogP contribution is 2.04. The maximum Gasteiger partial charge on any atom is 0.271 e. The van der Waals surface area contributed by atoms with E-state index in [1.54, 1.807) is 0 Å². The van der Waals surface area contributed by atoms with Crippen molar-refractivity contribution in [3.63, 3.8) is 0 Å². The Kier molecular flexibility index (Phi) is 4.72. The summed E-state index contributed by atoms with van der Waals surface area (Å²) in [5.74, 6) is 0.833. The number of nitrogens with two attached hydrogens (primary N) is 1. The highest BCUT2D eigenvalue weighted by Gasteiger charge is 2.08. The molecule has 0 bridgehead atoms. The van der Waals surface area contributed by atoms with Gasteiger partial charge in [0.15, 0.2) is 0 Å². The van der Waals surface area contributed by atoms with E-state index >= 15 is 0 Å².